The number of rotatable bonds is 2. The van der Waals surface area contributed by atoms with E-state index >= 15 is 0 Å². The molecule has 0 aromatic carbocycles. The molecule has 3 fully saturated rings. The Morgan fingerprint density at radius 3 is 2.47 bits per heavy atom. The van der Waals surface area contributed by atoms with E-state index in [0.29, 0.717) is 34.4 Å². The van der Waals surface area contributed by atoms with Crippen LogP contribution in [0.25, 0.3) is 0 Å². The van der Waals surface area contributed by atoms with Gasteiger partial charge >= 0.3 is 0 Å². The second-order valence-corrected chi connectivity index (χ2v) is 8.27. The van der Waals surface area contributed by atoms with Gasteiger partial charge in [-0.05, 0) is 60.7 Å². The van der Waals surface area contributed by atoms with Gasteiger partial charge in [-0.25, -0.2) is 0 Å². The minimum absolute atomic E-state index is 0.397. The Morgan fingerprint density at radius 2 is 1.95 bits per heavy atom. The second-order valence-electron chi connectivity index (χ2n) is 8.27. The van der Waals surface area contributed by atoms with Gasteiger partial charge in [-0.2, -0.15) is 0 Å². The molecule has 0 amide bonds. The molecule has 2 bridgehead atoms. The summed E-state index contributed by atoms with van der Waals surface area (Å²) in [5.41, 5.74) is 0.871. The molecule has 19 heavy (non-hydrogen) atoms. The van der Waals surface area contributed by atoms with Gasteiger partial charge in [-0.1, -0.05) is 34.1 Å². The lowest BCUT2D eigenvalue weighted by molar-refractivity contribution is -0.132. The highest BCUT2D eigenvalue weighted by molar-refractivity contribution is 5.82. The molecule has 5 atom stereocenters. The molecule has 1 heteroatoms. The van der Waals surface area contributed by atoms with Gasteiger partial charge in [0.25, 0.3) is 0 Å². The molecule has 3 saturated carbocycles. The predicted octanol–water partition coefficient (Wildman–Crippen LogP) is 4.84. The summed E-state index contributed by atoms with van der Waals surface area (Å²) in [6.07, 6.45) is 8.59. The van der Waals surface area contributed by atoms with E-state index in [4.69, 9.17) is 0 Å². The van der Waals surface area contributed by atoms with Crippen LogP contribution in [0.1, 0.15) is 72.6 Å². The lowest BCUT2D eigenvalue weighted by Crippen LogP contribution is -2.43. The van der Waals surface area contributed by atoms with E-state index in [9.17, 15) is 4.79 Å². The van der Waals surface area contributed by atoms with E-state index in [-0.39, 0.29) is 0 Å². The van der Waals surface area contributed by atoms with Crippen molar-refractivity contribution in [3.63, 3.8) is 0 Å². The zero-order valence-corrected chi connectivity index (χ0v) is 13.2. The van der Waals surface area contributed by atoms with E-state index in [1.807, 2.05) is 0 Å². The zero-order chi connectivity index (χ0) is 13.8. The number of hydrogen-bond acceptors (Lipinski definition) is 1. The molecule has 3 aliphatic rings. The van der Waals surface area contributed by atoms with Crippen LogP contribution in [0.3, 0.4) is 0 Å². The molecule has 3 rings (SSSR count). The summed E-state index contributed by atoms with van der Waals surface area (Å²) in [5.74, 6) is 3.23. The summed E-state index contributed by atoms with van der Waals surface area (Å²) in [6.45, 7) is 9.73. The van der Waals surface area contributed by atoms with E-state index in [1.54, 1.807) is 0 Å². The maximum absolute atomic E-state index is 12.6. The molecule has 3 aliphatic carbocycles. The van der Waals surface area contributed by atoms with Gasteiger partial charge < -0.3 is 0 Å². The quantitative estimate of drug-likeness (QED) is 0.695. The van der Waals surface area contributed by atoms with Gasteiger partial charge in [-0.15, -0.1) is 0 Å². The van der Waals surface area contributed by atoms with Crippen molar-refractivity contribution < 1.29 is 4.79 Å². The van der Waals surface area contributed by atoms with Gasteiger partial charge in [0.2, 0.25) is 0 Å². The maximum atomic E-state index is 12.6. The van der Waals surface area contributed by atoms with Gasteiger partial charge in [0.1, 0.15) is 5.78 Å². The van der Waals surface area contributed by atoms with Crippen molar-refractivity contribution in [2.75, 3.05) is 0 Å². The van der Waals surface area contributed by atoms with Crippen LogP contribution in [0.2, 0.25) is 0 Å². The first kappa shape index (κ1) is 13.6. The van der Waals surface area contributed by atoms with Gasteiger partial charge in [-0.3, -0.25) is 4.79 Å². The third kappa shape index (κ3) is 1.69. The van der Waals surface area contributed by atoms with Crippen LogP contribution in [-0.2, 0) is 4.79 Å². The normalized spacial score (nSPS) is 48.7. The first-order valence-corrected chi connectivity index (χ1v) is 8.44. The standard InChI is InChI=1S/C18H30O/c1-5-12-7-6-8-15(19)16(12)14-11-13-9-10-18(14,4)17(13,2)3/h12-14,16H,5-11H2,1-4H3/t12?,13-,14+,16?,18+/m0/s1. The van der Waals surface area contributed by atoms with Crippen LogP contribution in [0, 0.1) is 34.5 Å². The maximum Gasteiger partial charge on any atom is 0.136 e. The Labute approximate surface area is 118 Å². The molecule has 0 N–H and O–H groups in total. The van der Waals surface area contributed by atoms with Crippen molar-refractivity contribution in [2.45, 2.75) is 72.6 Å². The predicted molar refractivity (Wildman–Crippen MR) is 78.8 cm³/mol. The average Bonchev–Trinajstić information content (AvgIpc) is 2.71. The summed E-state index contributed by atoms with van der Waals surface area (Å²) < 4.78 is 0. The second kappa shape index (κ2) is 4.33. The van der Waals surface area contributed by atoms with Crippen LogP contribution < -0.4 is 0 Å². The molecule has 108 valence electrons. The van der Waals surface area contributed by atoms with Crippen molar-refractivity contribution in [1.29, 1.82) is 0 Å². The Morgan fingerprint density at radius 1 is 1.21 bits per heavy atom. The van der Waals surface area contributed by atoms with Crippen LogP contribution in [-0.4, -0.2) is 5.78 Å². The van der Waals surface area contributed by atoms with Crippen LogP contribution >= 0.6 is 0 Å². The molecule has 0 aromatic heterocycles. The van der Waals surface area contributed by atoms with Crippen molar-refractivity contribution in [2.24, 2.45) is 34.5 Å². The number of ketones is 1. The number of hydrogen-bond donors (Lipinski definition) is 0. The number of carbonyl (C=O) groups excluding carboxylic acids is 1. The summed E-state index contributed by atoms with van der Waals surface area (Å²) in [4.78, 5) is 12.6. The molecule has 0 radical (unpaired) electrons. The van der Waals surface area contributed by atoms with Gasteiger partial charge in [0, 0.05) is 12.3 Å². The molecular formula is C18H30O. The monoisotopic (exact) mass is 262 g/mol. The fourth-order valence-corrected chi connectivity index (χ4v) is 5.97. The minimum atomic E-state index is 0.397. The molecule has 0 spiro atoms. The Bertz CT molecular complexity index is 383. The summed E-state index contributed by atoms with van der Waals surface area (Å²) in [5, 5.41) is 0. The van der Waals surface area contributed by atoms with Crippen LogP contribution in [0.15, 0.2) is 0 Å². The SMILES string of the molecule is CCC1CCCC(=O)C1[C@H]1C[C@@H]2CC[C@@]1(C)C2(C)C. The number of fused-ring (bicyclic) bond motifs is 2. The first-order valence-electron chi connectivity index (χ1n) is 8.44. The van der Waals surface area contributed by atoms with Crippen molar-refractivity contribution in [1.82, 2.24) is 0 Å². The third-order valence-corrected chi connectivity index (χ3v) is 7.70. The molecular weight excluding hydrogens is 232 g/mol. The number of Topliss-reactive ketones (excluding diaryl/α,β-unsaturated/α-hetero) is 1. The minimum Gasteiger partial charge on any atom is -0.299 e. The largest absolute Gasteiger partial charge is 0.299 e. The van der Waals surface area contributed by atoms with E-state index in [2.05, 4.69) is 27.7 Å². The van der Waals surface area contributed by atoms with E-state index in [0.717, 1.165) is 18.8 Å². The Kier molecular flexibility index (Phi) is 3.11. The highest BCUT2D eigenvalue weighted by atomic mass is 16.1. The molecule has 0 aromatic rings. The van der Waals surface area contributed by atoms with E-state index < -0.39 is 0 Å². The van der Waals surface area contributed by atoms with Gasteiger partial charge in [0.15, 0.2) is 0 Å². The smallest absolute Gasteiger partial charge is 0.136 e. The van der Waals surface area contributed by atoms with Crippen LogP contribution in [0.5, 0.6) is 0 Å². The molecule has 0 heterocycles. The zero-order valence-electron chi connectivity index (χ0n) is 13.2. The van der Waals surface area contributed by atoms with Crippen molar-refractivity contribution >= 4 is 5.78 Å². The highest BCUT2D eigenvalue weighted by Gasteiger charge is 2.63. The van der Waals surface area contributed by atoms with Crippen molar-refractivity contribution in [3.05, 3.63) is 0 Å². The molecule has 1 nitrogen and oxygen atoms in total. The lowest BCUT2D eigenvalue weighted by atomic mass is 9.58. The molecule has 2 unspecified atom stereocenters. The Balaban J connectivity index is 1.92. The lowest BCUT2D eigenvalue weighted by Gasteiger charge is -2.45. The fourth-order valence-electron chi connectivity index (χ4n) is 5.97. The summed E-state index contributed by atoms with van der Waals surface area (Å²) in [6, 6.07) is 0. The summed E-state index contributed by atoms with van der Waals surface area (Å²) in [7, 11) is 0. The fraction of sp³-hybridized carbons (Fsp3) is 0.944. The summed E-state index contributed by atoms with van der Waals surface area (Å²) >= 11 is 0. The first-order chi connectivity index (χ1) is 8.91. The molecule has 0 aliphatic heterocycles. The topological polar surface area (TPSA) is 17.1 Å². The third-order valence-electron chi connectivity index (χ3n) is 7.70. The van der Waals surface area contributed by atoms with Crippen molar-refractivity contribution in [3.8, 4) is 0 Å². The number of carbonyl (C=O) groups is 1. The van der Waals surface area contributed by atoms with Crippen LogP contribution in [0.4, 0.5) is 0 Å². The van der Waals surface area contributed by atoms with E-state index in [1.165, 1.54) is 32.1 Å². The highest BCUT2D eigenvalue weighted by Crippen LogP contribution is 2.70. The molecule has 0 saturated heterocycles. The Hall–Kier alpha value is -0.330. The average molecular weight is 262 g/mol. The van der Waals surface area contributed by atoms with Gasteiger partial charge in [0.05, 0.1) is 0 Å².